The van der Waals surface area contributed by atoms with Gasteiger partial charge in [0.1, 0.15) is 0 Å². The number of hydrogen-bond acceptors (Lipinski definition) is 3. The molecule has 1 fully saturated rings. The highest BCUT2D eigenvalue weighted by atomic mass is 16.3. The summed E-state index contributed by atoms with van der Waals surface area (Å²) in [6.07, 6.45) is 3.88. The van der Waals surface area contributed by atoms with Crippen molar-refractivity contribution in [2.24, 2.45) is 17.7 Å². The molecule has 1 atom stereocenters. The predicted octanol–water partition coefficient (Wildman–Crippen LogP) is 0.200. The van der Waals surface area contributed by atoms with Gasteiger partial charge in [-0.3, -0.25) is 5.84 Å². The van der Waals surface area contributed by atoms with E-state index >= 15 is 0 Å². The minimum atomic E-state index is 0.284. The van der Waals surface area contributed by atoms with Crippen molar-refractivity contribution in [3.63, 3.8) is 0 Å². The Morgan fingerprint density at radius 1 is 1.64 bits per heavy atom. The molecule has 0 amide bonds. The monoisotopic (exact) mass is 158 g/mol. The lowest BCUT2D eigenvalue weighted by molar-refractivity contribution is 0.0930. The first-order chi connectivity index (χ1) is 5.24. The van der Waals surface area contributed by atoms with Gasteiger partial charge in [-0.25, -0.2) is 5.01 Å². The van der Waals surface area contributed by atoms with Gasteiger partial charge in [-0.05, 0) is 11.8 Å². The van der Waals surface area contributed by atoms with Crippen molar-refractivity contribution in [3.8, 4) is 0 Å². The highest BCUT2D eigenvalue weighted by Crippen LogP contribution is 2.33. The zero-order chi connectivity index (χ0) is 8.27. The first kappa shape index (κ1) is 8.97. The second-order valence-electron chi connectivity index (χ2n) is 3.57. The van der Waals surface area contributed by atoms with Gasteiger partial charge in [-0.1, -0.05) is 19.3 Å². The number of nitrogens with two attached hydrogens (primary N) is 1. The molecule has 0 saturated heterocycles. The van der Waals surface area contributed by atoms with Gasteiger partial charge in [-0.15, -0.1) is 0 Å². The number of aliphatic hydroxyl groups is 1. The van der Waals surface area contributed by atoms with Crippen LogP contribution in [-0.2, 0) is 0 Å². The highest BCUT2D eigenvalue weighted by Gasteiger charge is 2.26. The lowest BCUT2D eigenvalue weighted by Crippen LogP contribution is -2.38. The molecule has 1 aliphatic carbocycles. The predicted molar refractivity (Wildman–Crippen MR) is 44.7 cm³/mol. The number of aliphatic hydroxyl groups excluding tert-OH is 1. The molecule has 0 bridgehead atoms. The second kappa shape index (κ2) is 4.04. The molecule has 1 rings (SSSR count). The summed E-state index contributed by atoms with van der Waals surface area (Å²) in [4.78, 5) is 0. The van der Waals surface area contributed by atoms with Crippen LogP contribution in [0.4, 0.5) is 0 Å². The molecule has 0 aromatic carbocycles. The second-order valence-corrected chi connectivity index (χ2v) is 3.57. The minimum Gasteiger partial charge on any atom is -0.396 e. The van der Waals surface area contributed by atoms with Crippen LogP contribution < -0.4 is 5.84 Å². The Kier molecular flexibility index (Phi) is 3.30. The molecule has 0 aromatic heterocycles. The molecule has 0 heterocycles. The minimum absolute atomic E-state index is 0.284. The molecule has 3 nitrogen and oxygen atoms in total. The Balaban J connectivity index is 2.23. The summed E-state index contributed by atoms with van der Waals surface area (Å²) < 4.78 is 0. The van der Waals surface area contributed by atoms with Crippen LogP contribution in [0.1, 0.15) is 19.3 Å². The third-order valence-corrected chi connectivity index (χ3v) is 2.57. The Morgan fingerprint density at radius 3 is 2.55 bits per heavy atom. The fourth-order valence-corrected chi connectivity index (χ4v) is 1.64. The lowest BCUT2D eigenvalue weighted by Gasteiger charge is -2.33. The average molecular weight is 158 g/mol. The van der Waals surface area contributed by atoms with Crippen molar-refractivity contribution in [2.45, 2.75) is 19.3 Å². The summed E-state index contributed by atoms with van der Waals surface area (Å²) in [6, 6.07) is 0. The Hall–Kier alpha value is -0.120. The molecule has 0 spiro atoms. The zero-order valence-corrected chi connectivity index (χ0v) is 7.16. The summed E-state index contributed by atoms with van der Waals surface area (Å²) in [6.45, 7) is 1.10. The number of hydrazine groups is 1. The summed E-state index contributed by atoms with van der Waals surface area (Å²) in [5.41, 5.74) is 0. The maximum atomic E-state index is 9.03. The largest absolute Gasteiger partial charge is 0.396 e. The molecule has 0 radical (unpaired) electrons. The van der Waals surface area contributed by atoms with Gasteiger partial charge in [-0.2, -0.15) is 0 Å². The van der Waals surface area contributed by atoms with Crippen LogP contribution in [0.15, 0.2) is 0 Å². The lowest BCUT2D eigenvalue weighted by atomic mass is 9.76. The van der Waals surface area contributed by atoms with E-state index in [0.29, 0.717) is 5.92 Å². The van der Waals surface area contributed by atoms with Gasteiger partial charge in [0, 0.05) is 20.2 Å². The van der Waals surface area contributed by atoms with Crippen LogP contribution in [0.2, 0.25) is 0 Å². The normalized spacial score (nSPS) is 21.8. The maximum absolute atomic E-state index is 9.03. The topological polar surface area (TPSA) is 49.5 Å². The van der Waals surface area contributed by atoms with E-state index in [9.17, 15) is 0 Å². The third kappa shape index (κ3) is 2.43. The molecule has 11 heavy (non-hydrogen) atoms. The molecular weight excluding hydrogens is 140 g/mol. The third-order valence-electron chi connectivity index (χ3n) is 2.57. The molecule has 1 aliphatic rings. The SMILES string of the molecule is CN(N)CC(CO)C1CCC1. The van der Waals surface area contributed by atoms with Crippen LogP contribution in [0.25, 0.3) is 0 Å². The molecule has 0 aliphatic heterocycles. The van der Waals surface area contributed by atoms with E-state index < -0.39 is 0 Å². The quantitative estimate of drug-likeness (QED) is 0.454. The van der Waals surface area contributed by atoms with Crippen LogP contribution in [0, 0.1) is 11.8 Å². The van der Waals surface area contributed by atoms with E-state index in [1.165, 1.54) is 19.3 Å². The fourth-order valence-electron chi connectivity index (χ4n) is 1.64. The van der Waals surface area contributed by atoms with E-state index in [1.54, 1.807) is 5.01 Å². The van der Waals surface area contributed by atoms with Gasteiger partial charge in [0.2, 0.25) is 0 Å². The van der Waals surface area contributed by atoms with E-state index in [2.05, 4.69) is 0 Å². The first-order valence-corrected chi connectivity index (χ1v) is 4.30. The maximum Gasteiger partial charge on any atom is 0.0474 e. The standard InChI is InChI=1S/C8H18N2O/c1-10(9)5-8(6-11)7-3-2-4-7/h7-8,11H,2-6,9H2,1H3. The van der Waals surface area contributed by atoms with E-state index in [-0.39, 0.29) is 6.61 Å². The average Bonchev–Trinajstić information content (AvgIpc) is 1.81. The van der Waals surface area contributed by atoms with Gasteiger partial charge >= 0.3 is 0 Å². The van der Waals surface area contributed by atoms with Crippen LogP contribution >= 0.6 is 0 Å². The van der Waals surface area contributed by atoms with Gasteiger partial charge < -0.3 is 5.11 Å². The van der Waals surface area contributed by atoms with E-state index in [4.69, 9.17) is 10.9 Å². The number of hydrogen-bond donors (Lipinski definition) is 2. The molecule has 1 saturated carbocycles. The summed E-state index contributed by atoms with van der Waals surface area (Å²) in [7, 11) is 1.85. The van der Waals surface area contributed by atoms with Gasteiger partial charge in [0.05, 0.1) is 0 Å². The Labute approximate surface area is 68.2 Å². The molecular formula is C8H18N2O. The van der Waals surface area contributed by atoms with Gasteiger partial charge in [0.25, 0.3) is 0 Å². The Bertz CT molecular complexity index is 113. The van der Waals surface area contributed by atoms with Crippen molar-refractivity contribution in [2.75, 3.05) is 20.2 Å². The van der Waals surface area contributed by atoms with Crippen LogP contribution in [0.5, 0.6) is 0 Å². The highest BCUT2D eigenvalue weighted by molar-refractivity contribution is 4.78. The summed E-state index contributed by atoms with van der Waals surface area (Å²) in [5.74, 6) is 6.64. The zero-order valence-electron chi connectivity index (χ0n) is 7.16. The summed E-state index contributed by atoms with van der Waals surface area (Å²) >= 11 is 0. The number of rotatable bonds is 4. The molecule has 3 heteroatoms. The smallest absolute Gasteiger partial charge is 0.0474 e. The van der Waals surface area contributed by atoms with Crippen molar-refractivity contribution < 1.29 is 5.11 Å². The van der Waals surface area contributed by atoms with Crippen molar-refractivity contribution in [3.05, 3.63) is 0 Å². The van der Waals surface area contributed by atoms with E-state index in [0.717, 1.165) is 12.5 Å². The van der Waals surface area contributed by atoms with Crippen molar-refractivity contribution >= 4 is 0 Å². The van der Waals surface area contributed by atoms with Gasteiger partial charge in [0.15, 0.2) is 0 Å². The molecule has 3 N–H and O–H groups in total. The molecule has 1 unspecified atom stereocenters. The number of nitrogens with zero attached hydrogens (tertiary/aromatic N) is 1. The molecule has 0 aromatic rings. The van der Waals surface area contributed by atoms with Crippen molar-refractivity contribution in [1.82, 2.24) is 5.01 Å². The first-order valence-electron chi connectivity index (χ1n) is 4.30. The fraction of sp³-hybridized carbons (Fsp3) is 1.00. The summed E-state index contributed by atoms with van der Waals surface area (Å²) in [5, 5.41) is 10.7. The Morgan fingerprint density at radius 2 is 2.27 bits per heavy atom. The molecule has 66 valence electrons. The van der Waals surface area contributed by atoms with Crippen LogP contribution in [0.3, 0.4) is 0 Å². The van der Waals surface area contributed by atoms with E-state index in [1.807, 2.05) is 7.05 Å². The van der Waals surface area contributed by atoms with Crippen LogP contribution in [-0.4, -0.2) is 30.3 Å². The van der Waals surface area contributed by atoms with Crippen molar-refractivity contribution in [1.29, 1.82) is 0 Å².